The number of amides is 1. The molecule has 0 aliphatic rings. The van der Waals surface area contributed by atoms with Gasteiger partial charge in [0.1, 0.15) is 0 Å². The lowest BCUT2D eigenvalue weighted by Crippen LogP contribution is -2.31. The molecule has 0 heterocycles. The van der Waals surface area contributed by atoms with Gasteiger partial charge >= 0.3 is 0 Å². The molecule has 0 aliphatic carbocycles. The Hall–Kier alpha value is -2.87. The van der Waals surface area contributed by atoms with Crippen LogP contribution in [0.4, 0.5) is 5.69 Å². The minimum atomic E-state index is -4.19. The smallest absolute Gasteiger partial charge is 0.251 e. The number of hydrogen-bond acceptors (Lipinski definition) is 12. The summed E-state index contributed by atoms with van der Waals surface area (Å²) in [6.07, 6.45) is -0.394. The second-order valence-corrected chi connectivity index (χ2v) is 15.2. The summed E-state index contributed by atoms with van der Waals surface area (Å²) in [5.74, 6) is -0.472. The van der Waals surface area contributed by atoms with Gasteiger partial charge in [-0.1, -0.05) is 18.2 Å². The average Bonchev–Trinajstić information content (AvgIpc) is 3.14. The van der Waals surface area contributed by atoms with Crippen LogP contribution in [0.3, 0.4) is 0 Å². The van der Waals surface area contributed by atoms with Gasteiger partial charge in [0.25, 0.3) is 5.91 Å². The van der Waals surface area contributed by atoms with Crippen LogP contribution in [0.25, 0.3) is 32.3 Å². The molecule has 5 N–H and O–H groups in total. The van der Waals surface area contributed by atoms with E-state index in [0.29, 0.717) is 102 Å². The van der Waals surface area contributed by atoms with Gasteiger partial charge in [-0.3, -0.25) is 4.79 Å². The minimum absolute atomic E-state index is 0.0297. The van der Waals surface area contributed by atoms with Crippen molar-refractivity contribution in [1.29, 1.82) is 0 Å². The number of anilines is 1. The summed E-state index contributed by atoms with van der Waals surface area (Å²) in [7, 11) is -4.19. The maximum absolute atomic E-state index is 14.1. The standard InChI is InChI=1S/C38H56N4O10S2/c1-7-47-33(48-8-2)17-20-40-38(43)29-23-32(54(45,46)42-22-19-35(51-11-5)52-12-6)28-16-15-27-31(53(44)41-21-18-34(49-9-3)50-10-4)24-30(39)26-14-13-25(29)36(28)37(26)27/h13-16,23-24,33-35,41-42H,7-12,17-22,39H2,1-6H3,(H,40,43). The highest BCUT2D eigenvalue weighted by atomic mass is 32.2. The molecule has 54 heavy (non-hydrogen) atoms. The highest BCUT2D eigenvalue weighted by molar-refractivity contribution is 7.90. The van der Waals surface area contributed by atoms with Crippen LogP contribution in [-0.4, -0.2) is 97.0 Å². The second-order valence-electron chi connectivity index (χ2n) is 12.2. The van der Waals surface area contributed by atoms with Crippen LogP contribution in [0.2, 0.25) is 0 Å². The molecule has 16 heteroatoms. The van der Waals surface area contributed by atoms with Gasteiger partial charge in [-0.05, 0) is 64.4 Å². The van der Waals surface area contributed by atoms with E-state index in [-0.39, 0.29) is 30.0 Å². The minimum Gasteiger partial charge on any atom is -0.593 e. The Morgan fingerprint density at radius 3 is 1.70 bits per heavy atom. The molecule has 1 unspecified atom stereocenters. The highest BCUT2D eigenvalue weighted by Crippen LogP contribution is 2.43. The Bertz CT molecular complexity index is 1880. The molecule has 0 fully saturated rings. The molecular formula is C38H56N4O10S2. The number of nitrogen functional groups attached to an aromatic ring is 1. The molecule has 1 atom stereocenters. The number of ether oxygens (including phenoxy) is 6. The second kappa shape index (κ2) is 21.4. The molecule has 0 aliphatic heterocycles. The van der Waals surface area contributed by atoms with Gasteiger partial charge in [-0.2, -0.15) is 0 Å². The summed E-state index contributed by atoms with van der Waals surface area (Å²) >= 11 is -1.71. The average molecular weight is 793 g/mol. The highest BCUT2D eigenvalue weighted by Gasteiger charge is 2.28. The largest absolute Gasteiger partial charge is 0.593 e. The molecule has 0 aromatic heterocycles. The van der Waals surface area contributed by atoms with Crippen molar-refractivity contribution in [1.82, 2.24) is 14.8 Å². The van der Waals surface area contributed by atoms with E-state index < -0.39 is 46.2 Å². The fourth-order valence-electron chi connectivity index (χ4n) is 6.41. The number of carbonyl (C=O) groups is 1. The first-order valence-corrected chi connectivity index (χ1v) is 21.3. The van der Waals surface area contributed by atoms with Crippen LogP contribution >= 0.6 is 0 Å². The first kappa shape index (κ1) is 43.9. The van der Waals surface area contributed by atoms with Crippen molar-refractivity contribution in [3.05, 3.63) is 42.0 Å². The number of benzene rings is 4. The Kier molecular flexibility index (Phi) is 17.4. The van der Waals surface area contributed by atoms with Crippen LogP contribution in [0.5, 0.6) is 0 Å². The predicted octanol–water partition coefficient (Wildman–Crippen LogP) is 5.15. The summed E-state index contributed by atoms with van der Waals surface area (Å²) < 4.78 is 81.6. The molecule has 300 valence electrons. The quantitative estimate of drug-likeness (QED) is 0.0283. The van der Waals surface area contributed by atoms with Crippen LogP contribution in [0, 0.1) is 0 Å². The van der Waals surface area contributed by atoms with Gasteiger partial charge in [0.2, 0.25) is 10.0 Å². The molecule has 4 aromatic rings. The molecule has 0 saturated carbocycles. The lowest BCUT2D eigenvalue weighted by atomic mass is 9.91. The van der Waals surface area contributed by atoms with Gasteiger partial charge in [-0.15, -0.1) is 4.72 Å². The van der Waals surface area contributed by atoms with E-state index in [1.165, 1.54) is 6.07 Å². The van der Waals surface area contributed by atoms with Crippen molar-refractivity contribution in [2.75, 3.05) is 65.0 Å². The third-order valence-corrected chi connectivity index (χ3v) is 11.4. The third-order valence-electron chi connectivity index (χ3n) is 8.65. The zero-order valence-electron chi connectivity index (χ0n) is 32.2. The van der Waals surface area contributed by atoms with Crippen LogP contribution in [0.1, 0.15) is 71.2 Å². The van der Waals surface area contributed by atoms with Crippen LogP contribution < -0.4 is 20.5 Å². The van der Waals surface area contributed by atoms with Crippen LogP contribution in [0.15, 0.2) is 46.2 Å². The van der Waals surface area contributed by atoms with E-state index in [1.807, 2.05) is 41.5 Å². The summed E-state index contributed by atoms with van der Waals surface area (Å²) in [5, 5.41) is 6.19. The summed E-state index contributed by atoms with van der Waals surface area (Å²) in [6, 6.07) is 10.1. The van der Waals surface area contributed by atoms with Gasteiger partial charge < -0.3 is 44.0 Å². The zero-order valence-corrected chi connectivity index (χ0v) is 33.8. The summed E-state index contributed by atoms with van der Waals surface area (Å²) in [6.45, 7) is 14.4. The predicted molar refractivity (Wildman–Crippen MR) is 211 cm³/mol. The molecule has 4 aromatic carbocycles. The van der Waals surface area contributed by atoms with E-state index in [0.717, 1.165) is 0 Å². The Morgan fingerprint density at radius 2 is 1.15 bits per heavy atom. The van der Waals surface area contributed by atoms with Crippen molar-refractivity contribution < 1.29 is 46.2 Å². The van der Waals surface area contributed by atoms with Crippen molar-refractivity contribution in [3.8, 4) is 0 Å². The van der Waals surface area contributed by atoms with Gasteiger partial charge in [0.15, 0.2) is 23.8 Å². The maximum atomic E-state index is 14.1. The fraction of sp³-hybridized carbons (Fsp3) is 0.553. The Balaban J connectivity index is 1.81. The first-order chi connectivity index (χ1) is 26.0. The summed E-state index contributed by atoms with van der Waals surface area (Å²) in [5.41, 5.74) is 7.12. The van der Waals surface area contributed by atoms with E-state index in [4.69, 9.17) is 34.2 Å². The molecule has 0 bridgehead atoms. The molecule has 0 radical (unpaired) electrons. The number of rotatable bonds is 26. The third kappa shape index (κ3) is 10.9. The Labute approximate surface area is 321 Å². The van der Waals surface area contributed by atoms with Gasteiger partial charge in [0, 0.05) is 117 Å². The fourth-order valence-corrected chi connectivity index (χ4v) is 8.75. The number of sulfonamides is 1. The van der Waals surface area contributed by atoms with Crippen LogP contribution in [-0.2, 0) is 49.8 Å². The number of hydrogen-bond donors (Lipinski definition) is 4. The van der Waals surface area contributed by atoms with Crippen molar-refractivity contribution in [2.45, 2.75) is 89.5 Å². The Morgan fingerprint density at radius 1 is 0.685 bits per heavy atom. The van der Waals surface area contributed by atoms with Gasteiger partial charge in [0.05, 0.1) is 16.3 Å². The summed E-state index contributed by atoms with van der Waals surface area (Å²) in [4.78, 5) is 14.3. The molecule has 0 saturated heterocycles. The van der Waals surface area contributed by atoms with E-state index in [1.54, 1.807) is 30.3 Å². The zero-order chi connectivity index (χ0) is 39.3. The number of carbonyl (C=O) groups excluding carboxylic acids is 1. The monoisotopic (exact) mass is 792 g/mol. The SMILES string of the molecule is CCOC(CCNC(=O)c1cc(S(=O)(=O)NCCC(OCC)OCC)c2ccc3c([S+]([O-])NCCC(OCC)OCC)cc(N)c4ccc1c2c43)OCC. The normalized spacial score (nSPS) is 13.1. The molecule has 14 nitrogen and oxygen atoms in total. The lowest BCUT2D eigenvalue weighted by Gasteiger charge is -2.21. The van der Waals surface area contributed by atoms with E-state index in [2.05, 4.69) is 14.8 Å². The molecule has 4 rings (SSSR count). The van der Waals surface area contributed by atoms with Crippen molar-refractivity contribution >= 4 is 65.3 Å². The van der Waals surface area contributed by atoms with Crippen molar-refractivity contribution in [3.63, 3.8) is 0 Å². The number of nitrogens with one attached hydrogen (secondary N) is 3. The topological polar surface area (TPSA) is 192 Å². The van der Waals surface area contributed by atoms with Gasteiger partial charge in [-0.25, -0.2) is 13.1 Å². The van der Waals surface area contributed by atoms with E-state index >= 15 is 0 Å². The first-order valence-electron chi connectivity index (χ1n) is 18.7. The van der Waals surface area contributed by atoms with Crippen molar-refractivity contribution in [2.24, 2.45) is 0 Å². The maximum Gasteiger partial charge on any atom is 0.251 e. The number of nitrogens with two attached hydrogens (primary N) is 1. The lowest BCUT2D eigenvalue weighted by molar-refractivity contribution is -0.138. The molecular weight excluding hydrogens is 737 g/mol. The molecule has 1 amide bonds. The molecule has 0 spiro atoms. The van der Waals surface area contributed by atoms with E-state index in [9.17, 15) is 17.8 Å².